The van der Waals surface area contributed by atoms with E-state index in [1.165, 1.54) is 19.3 Å². The van der Waals surface area contributed by atoms with Crippen LogP contribution in [0.15, 0.2) is 82.3 Å². The molecule has 1 N–H and O–H groups in total. The molecule has 3 rings (SSSR count). The minimum Gasteiger partial charge on any atom is -0.440 e. The van der Waals surface area contributed by atoms with E-state index < -0.39 is 16.5 Å². The Labute approximate surface area is 170 Å². The SMILES string of the molecule is CC(=O)Nc1cccc(C#Cc2cncc(C(=O)N=[S-](=O)c3ccccc3)c2)c1. The average Bonchev–Trinajstić information content (AvgIpc) is 2.73. The summed E-state index contributed by atoms with van der Waals surface area (Å²) in [6, 6.07) is 17.2. The monoisotopic (exact) mass is 402 g/mol. The molecule has 6 nitrogen and oxygen atoms in total. The van der Waals surface area contributed by atoms with E-state index in [1.807, 2.05) is 0 Å². The summed E-state index contributed by atoms with van der Waals surface area (Å²) >= 11 is 0. The number of carbonyl (C=O) groups is 2. The van der Waals surface area contributed by atoms with Gasteiger partial charge in [-0.2, -0.15) is 10.6 Å². The van der Waals surface area contributed by atoms with Crippen LogP contribution < -0.4 is 5.32 Å². The first-order valence-electron chi connectivity index (χ1n) is 8.59. The quantitative estimate of drug-likeness (QED) is 0.533. The fourth-order valence-electron chi connectivity index (χ4n) is 2.37. The molecule has 0 unspecified atom stereocenters. The number of benzene rings is 2. The van der Waals surface area contributed by atoms with Crippen molar-refractivity contribution in [1.82, 2.24) is 4.98 Å². The molecule has 0 atom stereocenters. The normalized spacial score (nSPS) is 11.2. The number of nitrogens with zero attached hydrogens (tertiary/aromatic N) is 2. The van der Waals surface area contributed by atoms with Gasteiger partial charge in [-0.3, -0.25) is 14.6 Å². The Kier molecular flexibility index (Phi) is 6.51. The van der Waals surface area contributed by atoms with Gasteiger partial charge in [0.05, 0.1) is 5.56 Å². The van der Waals surface area contributed by atoms with Crippen LogP contribution in [0, 0.1) is 11.8 Å². The minimum absolute atomic E-state index is 0.165. The topological polar surface area (TPSA) is 88.5 Å². The van der Waals surface area contributed by atoms with E-state index >= 15 is 0 Å². The van der Waals surface area contributed by atoms with Crippen molar-refractivity contribution in [3.05, 3.63) is 89.7 Å². The molecule has 0 aliphatic heterocycles. The summed E-state index contributed by atoms with van der Waals surface area (Å²) in [5.74, 6) is 5.10. The van der Waals surface area contributed by atoms with E-state index in [-0.39, 0.29) is 11.5 Å². The average molecular weight is 402 g/mol. The molecule has 2 aromatic carbocycles. The number of pyridine rings is 1. The van der Waals surface area contributed by atoms with Gasteiger partial charge in [0, 0.05) is 36.1 Å². The third kappa shape index (κ3) is 5.86. The lowest BCUT2D eigenvalue weighted by Crippen LogP contribution is -2.05. The summed E-state index contributed by atoms with van der Waals surface area (Å²) in [4.78, 5) is 27.9. The van der Waals surface area contributed by atoms with Crippen molar-refractivity contribution in [2.45, 2.75) is 11.8 Å². The van der Waals surface area contributed by atoms with Crippen LogP contribution in [0.2, 0.25) is 0 Å². The Bertz CT molecular complexity index is 1200. The molecule has 0 saturated carbocycles. The molecule has 1 aromatic heterocycles. The van der Waals surface area contributed by atoms with Crippen LogP contribution in [0.5, 0.6) is 0 Å². The number of rotatable bonds is 3. The predicted octanol–water partition coefficient (Wildman–Crippen LogP) is 3.79. The highest BCUT2D eigenvalue weighted by Crippen LogP contribution is 2.11. The molecular weight excluding hydrogens is 386 g/mol. The van der Waals surface area contributed by atoms with Crippen LogP contribution in [0.4, 0.5) is 5.69 Å². The van der Waals surface area contributed by atoms with E-state index in [0.29, 0.717) is 21.7 Å². The molecule has 0 aliphatic rings. The number of hydrogen-bond donors (Lipinski definition) is 1. The molecule has 0 saturated heterocycles. The summed E-state index contributed by atoms with van der Waals surface area (Å²) in [7, 11) is -1.78. The highest BCUT2D eigenvalue weighted by Gasteiger charge is 2.03. The molecule has 3 aromatic rings. The number of carbonyl (C=O) groups excluding carboxylic acids is 2. The van der Waals surface area contributed by atoms with Gasteiger partial charge in [-0.25, -0.2) is 0 Å². The van der Waals surface area contributed by atoms with Gasteiger partial charge in [0.1, 0.15) is 0 Å². The molecule has 1 heterocycles. The third-order valence-corrected chi connectivity index (χ3v) is 4.64. The first-order valence-corrected chi connectivity index (χ1v) is 9.70. The van der Waals surface area contributed by atoms with E-state index in [4.69, 9.17) is 0 Å². The van der Waals surface area contributed by atoms with Gasteiger partial charge in [0.25, 0.3) is 5.91 Å². The van der Waals surface area contributed by atoms with Crippen molar-refractivity contribution in [2.75, 3.05) is 5.32 Å². The Morgan fingerprint density at radius 2 is 1.72 bits per heavy atom. The summed E-state index contributed by atoms with van der Waals surface area (Å²) in [5.41, 5.74) is 2.06. The van der Waals surface area contributed by atoms with Gasteiger partial charge >= 0.3 is 0 Å². The lowest BCUT2D eigenvalue weighted by molar-refractivity contribution is -0.114. The summed E-state index contributed by atoms with van der Waals surface area (Å²) in [6.45, 7) is 1.43. The van der Waals surface area contributed by atoms with Gasteiger partial charge in [-0.05, 0) is 24.3 Å². The van der Waals surface area contributed by atoms with Crippen molar-refractivity contribution in [3.8, 4) is 11.8 Å². The molecule has 0 fully saturated rings. The second kappa shape index (κ2) is 9.44. The molecule has 0 bridgehead atoms. The van der Waals surface area contributed by atoms with Crippen molar-refractivity contribution in [3.63, 3.8) is 0 Å². The molecule has 29 heavy (non-hydrogen) atoms. The van der Waals surface area contributed by atoms with Crippen molar-refractivity contribution >= 4 is 28.1 Å². The first-order chi connectivity index (χ1) is 14.0. The lowest BCUT2D eigenvalue weighted by Gasteiger charge is -2.04. The summed E-state index contributed by atoms with van der Waals surface area (Å²) < 4.78 is 15.9. The zero-order chi connectivity index (χ0) is 20.6. The lowest BCUT2D eigenvalue weighted by atomic mass is 10.1. The van der Waals surface area contributed by atoms with Crippen molar-refractivity contribution in [2.24, 2.45) is 4.36 Å². The van der Waals surface area contributed by atoms with Gasteiger partial charge < -0.3 is 13.9 Å². The minimum atomic E-state index is -1.78. The second-order valence-electron chi connectivity index (χ2n) is 5.93. The summed E-state index contributed by atoms with van der Waals surface area (Å²) in [5, 5.41) is 2.69. The van der Waals surface area contributed by atoms with Gasteiger partial charge in [-0.15, -0.1) is 0 Å². The van der Waals surface area contributed by atoms with Crippen LogP contribution >= 0.6 is 0 Å². The number of anilines is 1. The molecule has 0 radical (unpaired) electrons. The van der Waals surface area contributed by atoms with Crippen LogP contribution in [0.3, 0.4) is 0 Å². The molecule has 0 spiro atoms. The van der Waals surface area contributed by atoms with E-state index in [0.717, 1.165) is 0 Å². The maximum atomic E-state index is 12.3. The summed E-state index contributed by atoms with van der Waals surface area (Å²) in [6.07, 6.45) is 2.88. The Hall–Kier alpha value is -3.76. The highest BCUT2D eigenvalue weighted by molar-refractivity contribution is 7.75. The largest absolute Gasteiger partial charge is 0.440 e. The van der Waals surface area contributed by atoms with E-state index in [1.54, 1.807) is 60.7 Å². The Morgan fingerprint density at radius 3 is 2.48 bits per heavy atom. The van der Waals surface area contributed by atoms with Crippen LogP contribution in [0.1, 0.15) is 28.4 Å². The fourth-order valence-corrected chi connectivity index (χ4v) is 3.12. The standard InChI is InChI=1S/C22H16N3O3S/c1-16(26)24-20-7-5-6-17(13-20)10-11-18-12-19(15-23-14-18)22(27)25-29(28)21-8-3-2-4-9-21/h2-9,12-15H,1H3,(H,24,26)/q-1. The molecule has 144 valence electrons. The Balaban J connectivity index is 1.80. The zero-order valence-corrected chi connectivity index (χ0v) is 16.3. The molecule has 2 amide bonds. The van der Waals surface area contributed by atoms with Crippen molar-refractivity contribution in [1.29, 1.82) is 0 Å². The fraction of sp³-hybridized carbons (Fsp3) is 0.0455. The third-order valence-electron chi connectivity index (χ3n) is 3.63. The van der Waals surface area contributed by atoms with Crippen LogP contribution in [-0.4, -0.2) is 16.8 Å². The Morgan fingerprint density at radius 1 is 0.966 bits per heavy atom. The van der Waals surface area contributed by atoms with Gasteiger partial charge in [0.2, 0.25) is 5.91 Å². The molecule has 0 aliphatic carbocycles. The number of hydrogen-bond acceptors (Lipinski definition) is 5. The van der Waals surface area contributed by atoms with Gasteiger partial charge in [0.15, 0.2) is 0 Å². The molecular formula is C22H16N3O3S-. The molecule has 7 heteroatoms. The zero-order valence-electron chi connectivity index (χ0n) is 15.5. The van der Waals surface area contributed by atoms with Gasteiger partial charge in [-0.1, -0.05) is 53.1 Å². The van der Waals surface area contributed by atoms with Crippen LogP contribution in [0.25, 0.3) is 0 Å². The predicted molar refractivity (Wildman–Crippen MR) is 110 cm³/mol. The smallest absolute Gasteiger partial charge is 0.255 e. The first kappa shape index (κ1) is 20.0. The second-order valence-corrected chi connectivity index (χ2v) is 7.09. The van der Waals surface area contributed by atoms with Crippen molar-refractivity contribution < 1.29 is 13.8 Å². The number of aromatic nitrogens is 1. The number of amides is 2. The van der Waals surface area contributed by atoms with E-state index in [9.17, 15) is 13.8 Å². The highest BCUT2D eigenvalue weighted by atomic mass is 32.2. The number of nitrogens with one attached hydrogen (secondary N) is 1. The maximum absolute atomic E-state index is 12.3. The van der Waals surface area contributed by atoms with Crippen LogP contribution in [-0.2, 0) is 19.6 Å². The van der Waals surface area contributed by atoms with E-state index in [2.05, 4.69) is 26.5 Å². The maximum Gasteiger partial charge on any atom is 0.255 e.